The summed E-state index contributed by atoms with van der Waals surface area (Å²) in [6.07, 6.45) is 3.40. The highest BCUT2D eigenvalue weighted by molar-refractivity contribution is 6.01. The summed E-state index contributed by atoms with van der Waals surface area (Å²) in [5, 5.41) is 5.82. The van der Waals surface area contributed by atoms with Crippen molar-refractivity contribution in [2.45, 2.75) is 32.4 Å². The Morgan fingerprint density at radius 2 is 1.84 bits per heavy atom. The van der Waals surface area contributed by atoms with Crippen LogP contribution in [0.1, 0.15) is 48.2 Å². The molecule has 1 unspecified atom stereocenters. The summed E-state index contributed by atoms with van der Waals surface area (Å²) in [5.74, 6) is 0.962. The molecule has 0 radical (unpaired) electrons. The molecule has 0 spiro atoms. The number of amides is 1. The number of benzene rings is 1. The lowest BCUT2D eigenvalue weighted by atomic mass is 10.1. The number of ether oxygens (including phenoxy) is 2. The lowest BCUT2D eigenvalue weighted by molar-refractivity contribution is -0.135. The van der Waals surface area contributed by atoms with Crippen molar-refractivity contribution < 1.29 is 27.9 Å². The standard InChI is InChI=1S/C23H22N2O6/c1-15(2)31-23(27)16-7-9-17(10-8-16)30-14-22(26)25-19(21-6-4-12-29-21)13-18(24-25)20-5-3-11-28-20/h3-12,15,19H,13-14H2,1-2H3. The first kappa shape index (κ1) is 20.5. The predicted octanol–water partition coefficient (Wildman–Crippen LogP) is 4.19. The Hall–Kier alpha value is -3.81. The van der Waals surface area contributed by atoms with Gasteiger partial charge in [-0.1, -0.05) is 0 Å². The van der Waals surface area contributed by atoms with E-state index in [4.69, 9.17) is 18.3 Å². The van der Waals surface area contributed by atoms with Crippen LogP contribution in [0.3, 0.4) is 0 Å². The van der Waals surface area contributed by atoms with Crippen LogP contribution in [-0.2, 0) is 9.53 Å². The van der Waals surface area contributed by atoms with E-state index in [0.29, 0.717) is 35.0 Å². The molecule has 160 valence electrons. The lowest BCUT2D eigenvalue weighted by Crippen LogP contribution is -2.31. The molecule has 1 amide bonds. The number of carbonyl (C=O) groups is 2. The summed E-state index contributed by atoms with van der Waals surface area (Å²) >= 11 is 0. The van der Waals surface area contributed by atoms with Crippen LogP contribution < -0.4 is 4.74 Å². The maximum absolute atomic E-state index is 12.9. The molecule has 1 aromatic carbocycles. The quantitative estimate of drug-likeness (QED) is 0.530. The SMILES string of the molecule is CC(C)OC(=O)c1ccc(OCC(=O)N2N=C(c3ccco3)CC2c2ccco2)cc1. The fourth-order valence-electron chi connectivity index (χ4n) is 3.21. The van der Waals surface area contributed by atoms with Crippen molar-refractivity contribution in [3.05, 3.63) is 78.1 Å². The van der Waals surface area contributed by atoms with Crippen LogP contribution >= 0.6 is 0 Å². The minimum Gasteiger partial charge on any atom is -0.484 e. The molecule has 0 fully saturated rings. The molecule has 1 atom stereocenters. The maximum atomic E-state index is 12.9. The van der Waals surface area contributed by atoms with E-state index >= 15 is 0 Å². The van der Waals surface area contributed by atoms with Gasteiger partial charge < -0.3 is 18.3 Å². The predicted molar refractivity (Wildman–Crippen MR) is 111 cm³/mol. The number of hydrogen-bond donors (Lipinski definition) is 0. The first-order chi connectivity index (χ1) is 15.0. The fourth-order valence-corrected chi connectivity index (χ4v) is 3.21. The van der Waals surface area contributed by atoms with Crippen molar-refractivity contribution in [1.29, 1.82) is 0 Å². The monoisotopic (exact) mass is 422 g/mol. The zero-order valence-corrected chi connectivity index (χ0v) is 17.2. The van der Waals surface area contributed by atoms with Gasteiger partial charge in [-0.2, -0.15) is 5.10 Å². The van der Waals surface area contributed by atoms with Gasteiger partial charge in [-0.15, -0.1) is 0 Å². The molecule has 8 nitrogen and oxygen atoms in total. The van der Waals surface area contributed by atoms with Crippen LogP contribution in [0.5, 0.6) is 5.75 Å². The number of nitrogens with zero attached hydrogens (tertiary/aromatic N) is 2. The topological polar surface area (TPSA) is 94.5 Å². The molecule has 8 heteroatoms. The minimum atomic E-state index is -0.407. The average molecular weight is 422 g/mol. The number of rotatable bonds is 7. The molecule has 0 bridgehead atoms. The van der Waals surface area contributed by atoms with Crippen LogP contribution in [0.4, 0.5) is 0 Å². The van der Waals surface area contributed by atoms with Crippen molar-refractivity contribution in [2.75, 3.05) is 6.61 Å². The van der Waals surface area contributed by atoms with E-state index in [1.54, 1.807) is 74.9 Å². The molecule has 3 heterocycles. The van der Waals surface area contributed by atoms with E-state index in [0.717, 1.165) is 0 Å². The fraction of sp³-hybridized carbons (Fsp3) is 0.261. The summed E-state index contributed by atoms with van der Waals surface area (Å²) in [5.41, 5.74) is 1.07. The van der Waals surface area contributed by atoms with Crippen molar-refractivity contribution in [2.24, 2.45) is 5.10 Å². The molecular weight excluding hydrogens is 400 g/mol. The van der Waals surface area contributed by atoms with E-state index in [9.17, 15) is 9.59 Å². The highest BCUT2D eigenvalue weighted by atomic mass is 16.5. The third kappa shape index (κ3) is 4.69. The summed E-state index contributed by atoms with van der Waals surface area (Å²) < 4.78 is 21.7. The van der Waals surface area contributed by atoms with Gasteiger partial charge in [0.25, 0.3) is 5.91 Å². The van der Waals surface area contributed by atoms with E-state index in [1.165, 1.54) is 5.01 Å². The van der Waals surface area contributed by atoms with Gasteiger partial charge in [0.05, 0.1) is 24.2 Å². The highest BCUT2D eigenvalue weighted by Crippen LogP contribution is 2.33. The molecule has 31 heavy (non-hydrogen) atoms. The van der Waals surface area contributed by atoms with E-state index in [1.807, 2.05) is 0 Å². The van der Waals surface area contributed by atoms with Gasteiger partial charge in [0.1, 0.15) is 29.0 Å². The van der Waals surface area contributed by atoms with Crippen LogP contribution in [0, 0.1) is 0 Å². The largest absolute Gasteiger partial charge is 0.484 e. The van der Waals surface area contributed by atoms with Gasteiger partial charge in [0, 0.05) is 6.42 Å². The molecule has 4 rings (SSSR count). The molecule has 2 aromatic heterocycles. The van der Waals surface area contributed by atoms with E-state index in [2.05, 4.69) is 5.10 Å². The third-order valence-corrected chi connectivity index (χ3v) is 4.64. The Bertz CT molecular complexity index is 1050. The van der Waals surface area contributed by atoms with Gasteiger partial charge >= 0.3 is 5.97 Å². The van der Waals surface area contributed by atoms with Gasteiger partial charge in [-0.05, 0) is 62.4 Å². The van der Waals surface area contributed by atoms with Crippen molar-refractivity contribution in [3.63, 3.8) is 0 Å². The number of hydrogen-bond acceptors (Lipinski definition) is 7. The smallest absolute Gasteiger partial charge is 0.338 e. The zero-order chi connectivity index (χ0) is 21.8. The normalized spacial score (nSPS) is 15.8. The summed E-state index contributed by atoms with van der Waals surface area (Å²) in [6, 6.07) is 13.2. The molecule has 0 saturated heterocycles. The number of hydrazone groups is 1. The molecule has 0 aliphatic carbocycles. The number of carbonyl (C=O) groups excluding carboxylic acids is 2. The Labute approximate surface area is 179 Å². The Balaban J connectivity index is 1.43. The van der Waals surface area contributed by atoms with Gasteiger partial charge in [-0.3, -0.25) is 4.79 Å². The second kappa shape index (κ2) is 8.91. The van der Waals surface area contributed by atoms with E-state index < -0.39 is 5.97 Å². The second-order valence-electron chi connectivity index (χ2n) is 7.26. The van der Waals surface area contributed by atoms with Crippen LogP contribution in [0.2, 0.25) is 0 Å². The molecule has 0 N–H and O–H groups in total. The zero-order valence-electron chi connectivity index (χ0n) is 17.2. The van der Waals surface area contributed by atoms with Crippen molar-refractivity contribution >= 4 is 17.6 Å². The van der Waals surface area contributed by atoms with Crippen molar-refractivity contribution in [1.82, 2.24) is 5.01 Å². The first-order valence-corrected chi connectivity index (χ1v) is 9.92. The summed E-state index contributed by atoms with van der Waals surface area (Å²) in [7, 11) is 0. The molecular formula is C23H22N2O6. The number of esters is 1. The molecule has 0 saturated carbocycles. The third-order valence-electron chi connectivity index (χ3n) is 4.64. The van der Waals surface area contributed by atoms with Crippen LogP contribution in [0.25, 0.3) is 0 Å². The second-order valence-corrected chi connectivity index (χ2v) is 7.26. The van der Waals surface area contributed by atoms with Gasteiger partial charge in [0.15, 0.2) is 6.61 Å². The van der Waals surface area contributed by atoms with Crippen LogP contribution in [0.15, 0.2) is 75.0 Å². The molecule has 3 aromatic rings. The highest BCUT2D eigenvalue weighted by Gasteiger charge is 2.35. The maximum Gasteiger partial charge on any atom is 0.338 e. The first-order valence-electron chi connectivity index (χ1n) is 9.92. The summed E-state index contributed by atoms with van der Waals surface area (Å²) in [6.45, 7) is 3.35. The van der Waals surface area contributed by atoms with E-state index in [-0.39, 0.29) is 24.7 Å². The average Bonchev–Trinajstić information content (AvgIpc) is 3.52. The lowest BCUT2D eigenvalue weighted by Gasteiger charge is -2.20. The van der Waals surface area contributed by atoms with Crippen molar-refractivity contribution in [3.8, 4) is 5.75 Å². The van der Waals surface area contributed by atoms with Gasteiger partial charge in [0.2, 0.25) is 0 Å². The molecule has 1 aliphatic heterocycles. The number of furan rings is 2. The Morgan fingerprint density at radius 1 is 1.10 bits per heavy atom. The minimum absolute atomic E-state index is 0.199. The summed E-state index contributed by atoms with van der Waals surface area (Å²) in [4.78, 5) is 24.8. The van der Waals surface area contributed by atoms with Crippen LogP contribution in [-0.4, -0.2) is 35.3 Å². The molecule has 1 aliphatic rings. The Morgan fingerprint density at radius 3 is 2.48 bits per heavy atom. The Kier molecular flexibility index (Phi) is 5.88. The van der Waals surface area contributed by atoms with Gasteiger partial charge in [-0.25, -0.2) is 9.80 Å².